The molecule has 3 heterocycles. The van der Waals surface area contributed by atoms with Gasteiger partial charge in [-0.2, -0.15) is 0 Å². The number of aryl methyl sites for hydroxylation is 1. The summed E-state index contributed by atoms with van der Waals surface area (Å²) in [5.74, 6) is 1.32. The van der Waals surface area contributed by atoms with E-state index in [-0.39, 0.29) is 5.91 Å². The molecule has 0 atom stereocenters. The van der Waals surface area contributed by atoms with Gasteiger partial charge in [0.2, 0.25) is 5.91 Å². The molecule has 5 nitrogen and oxygen atoms in total. The van der Waals surface area contributed by atoms with Gasteiger partial charge < -0.3 is 4.90 Å². The van der Waals surface area contributed by atoms with Crippen molar-refractivity contribution in [1.29, 1.82) is 0 Å². The Morgan fingerprint density at radius 3 is 2.78 bits per heavy atom. The Hall–Kier alpha value is -2.38. The molecule has 1 amide bonds. The van der Waals surface area contributed by atoms with Gasteiger partial charge in [-0.05, 0) is 36.9 Å². The molecule has 27 heavy (non-hydrogen) atoms. The van der Waals surface area contributed by atoms with E-state index >= 15 is 0 Å². The van der Waals surface area contributed by atoms with Gasteiger partial charge in [0.05, 0.1) is 21.5 Å². The second-order valence-electron chi connectivity index (χ2n) is 6.27. The largest absolute Gasteiger partial charge is 0.338 e. The average molecular weight is 397 g/mol. The van der Waals surface area contributed by atoms with Crippen LogP contribution in [0, 0.1) is 6.92 Å². The molecule has 0 fully saturated rings. The molecule has 0 aliphatic rings. The summed E-state index contributed by atoms with van der Waals surface area (Å²) in [6.45, 7) is 5.28. The van der Waals surface area contributed by atoms with Gasteiger partial charge in [-0.15, -0.1) is 21.5 Å². The minimum absolute atomic E-state index is 0.111. The van der Waals surface area contributed by atoms with Gasteiger partial charge in [0.15, 0.2) is 0 Å². The number of carbonyl (C=O) groups is 1. The van der Waals surface area contributed by atoms with E-state index in [1.165, 1.54) is 16.5 Å². The van der Waals surface area contributed by atoms with Gasteiger partial charge in [-0.25, -0.2) is 0 Å². The molecule has 4 aromatic rings. The number of aromatic nitrogens is 3. The van der Waals surface area contributed by atoms with Crippen LogP contribution in [0.4, 0.5) is 0 Å². The van der Waals surface area contributed by atoms with Crippen LogP contribution in [0.2, 0.25) is 0 Å². The highest BCUT2D eigenvalue weighted by Gasteiger charge is 2.16. The van der Waals surface area contributed by atoms with Gasteiger partial charge in [0.1, 0.15) is 10.9 Å². The third-order valence-electron chi connectivity index (χ3n) is 4.53. The number of benzene rings is 1. The van der Waals surface area contributed by atoms with Crippen molar-refractivity contribution >= 4 is 44.7 Å². The summed E-state index contributed by atoms with van der Waals surface area (Å²) in [6.07, 6.45) is 0. The monoisotopic (exact) mass is 396 g/mol. The topological polar surface area (TPSA) is 50.5 Å². The molecule has 0 aliphatic carbocycles. The molecule has 7 heteroatoms. The third kappa shape index (κ3) is 3.57. The molecule has 0 bridgehead atoms. The predicted octanol–water partition coefficient (Wildman–Crippen LogP) is 4.39. The Kier molecular flexibility index (Phi) is 5.13. The van der Waals surface area contributed by atoms with Gasteiger partial charge in [-0.3, -0.25) is 9.20 Å². The van der Waals surface area contributed by atoms with Crippen LogP contribution in [-0.2, 0) is 11.3 Å². The Morgan fingerprint density at radius 1 is 1.19 bits per heavy atom. The van der Waals surface area contributed by atoms with E-state index in [1.807, 2.05) is 49.1 Å². The van der Waals surface area contributed by atoms with Crippen molar-refractivity contribution in [3.8, 4) is 0 Å². The van der Waals surface area contributed by atoms with E-state index in [0.29, 0.717) is 18.8 Å². The zero-order chi connectivity index (χ0) is 18.8. The van der Waals surface area contributed by atoms with E-state index < -0.39 is 0 Å². The van der Waals surface area contributed by atoms with Crippen LogP contribution >= 0.6 is 23.1 Å². The average Bonchev–Trinajstić information content (AvgIpc) is 3.27. The maximum Gasteiger partial charge on any atom is 0.233 e. The summed E-state index contributed by atoms with van der Waals surface area (Å²) in [4.78, 5) is 14.6. The molecule has 0 saturated carbocycles. The molecule has 0 radical (unpaired) electrons. The number of thiophene rings is 1. The minimum Gasteiger partial charge on any atom is -0.338 e. The van der Waals surface area contributed by atoms with E-state index in [2.05, 4.69) is 32.1 Å². The quantitative estimate of drug-likeness (QED) is 0.454. The van der Waals surface area contributed by atoms with Crippen LogP contribution in [0.1, 0.15) is 18.3 Å². The molecular formula is C20H20N4OS2. The standard InChI is InChI=1S/C20H20N4OS2/c1-3-23(12-15-7-5-4-6-8-15)19(25)13-27-20-17-11-18-16(9-10-26-18)24(17)14(2)21-22-20/h4-11H,3,12-13H2,1-2H3. The zero-order valence-corrected chi connectivity index (χ0v) is 16.9. The number of rotatable bonds is 6. The number of carbonyl (C=O) groups excluding carboxylic acids is 1. The van der Waals surface area contributed by atoms with Gasteiger partial charge in [0, 0.05) is 13.1 Å². The molecular weight excluding hydrogens is 376 g/mol. The summed E-state index contributed by atoms with van der Waals surface area (Å²) in [5, 5.41) is 11.5. The highest BCUT2D eigenvalue weighted by atomic mass is 32.2. The molecule has 0 N–H and O–H groups in total. The van der Waals surface area contributed by atoms with Gasteiger partial charge >= 0.3 is 0 Å². The molecule has 4 rings (SSSR count). The maximum absolute atomic E-state index is 12.7. The van der Waals surface area contributed by atoms with E-state index in [1.54, 1.807) is 11.3 Å². The fraction of sp³-hybridized carbons (Fsp3) is 0.250. The summed E-state index contributed by atoms with van der Waals surface area (Å²) < 4.78 is 3.33. The number of fused-ring (bicyclic) bond motifs is 3. The number of hydrogen-bond donors (Lipinski definition) is 0. The fourth-order valence-electron chi connectivity index (χ4n) is 3.15. The SMILES string of the molecule is CCN(Cc1ccccc1)C(=O)CSc1nnc(C)n2c1cc1sccc12. The van der Waals surface area contributed by atoms with Crippen LogP contribution in [0.25, 0.3) is 15.7 Å². The van der Waals surface area contributed by atoms with Crippen molar-refractivity contribution < 1.29 is 4.79 Å². The summed E-state index contributed by atoms with van der Waals surface area (Å²) in [5.41, 5.74) is 3.31. The number of thioether (sulfide) groups is 1. The first-order valence-electron chi connectivity index (χ1n) is 8.84. The molecule has 0 spiro atoms. The molecule has 138 valence electrons. The lowest BCUT2D eigenvalue weighted by molar-refractivity contribution is -0.128. The molecule has 0 saturated heterocycles. The Morgan fingerprint density at radius 2 is 2.00 bits per heavy atom. The Bertz CT molecular complexity index is 1090. The third-order valence-corrected chi connectivity index (χ3v) is 6.34. The first kappa shape index (κ1) is 18.0. The van der Waals surface area contributed by atoms with Crippen LogP contribution < -0.4 is 0 Å². The van der Waals surface area contributed by atoms with Crippen molar-refractivity contribution in [3.05, 3.63) is 59.2 Å². The van der Waals surface area contributed by atoms with Crippen molar-refractivity contribution in [2.75, 3.05) is 12.3 Å². The fourth-order valence-corrected chi connectivity index (χ4v) is 4.79. The lowest BCUT2D eigenvalue weighted by Crippen LogP contribution is -2.31. The molecule has 0 unspecified atom stereocenters. The normalized spacial score (nSPS) is 11.3. The van der Waals surface area contributed by atoms with E-state index in [9.17, 15) is 4.79 Å². The van der Waals surface area contributed by atoms with Crippen LogP contribution in [0.3, 0.4) is 0 Å². The highest BCUT2D eigenvalue weighted by molar-refractivity contribution is 8.00. The van der Waals surface area contributed by atoms with Crippen LogP contribution in [-0.4, -0.2) is 37.7 Å². The first-order chi connectivity index (χ1) is 13.2. The van der Waals surface area contributed by atoms with Crippen molar-refractivity contribution in [2.24, 2.45) is 0 Å². The lowest BCUT2D eigenvalue weighted by atomic mass is 10.2. The van der Waals surface area contributed by atoms with Gasteiger partial charge in [0.25, 0.3) is 0 Å². The second kappa shape index (κ2) is 7.70. The molecule has 1 aromatic carbocycles. The Labute approximate surface area is 166 Å². The van der Waals surface area contributed by atoms with E-state index in [4.69, 9.17) is 0 Å². The van der Waals surface area contributed by atoms with Crippen molar-refractivity contribution in [1.82, 2.24) is 19.5 Å². The first-order valence-corrected chi connectivity index (χ1v) is 10.7. The smallest absolute Gasteiger partial charge is 0.233 e. The Balaban J connectivity index is 1.52. The van der Waals surface area contributed by atoms with Gasteiger partial charge in [-0.1, -0.05) is 42.1 Å². The second-order valence-corrected chi connectivity index (χ2v) is 8.18. The predicted molar refractivity (Wildman–Crippen MR) is 111 cm³/mol. The van der Waals surface area contributed by atoms with E-state index in [0.717, 1.165) is 27.4 Å². The van der Waals surface area contributed by atoms with Crippen LogP contribution in [0.15, 0.2) is 52.9 Å². The summed E-state index contributed by atoms with van der Waals surface area (Å²) in [6, 6.07) is 14.3. The molecule has 3 aromatic heterocycles. The summed E-state index contributed by atoms with van der Waals surface area (Å²) >= 11 is 3.16. The summed E-state index contributed by atoms with van der Waals surface area (Å²) in [7, 11) is 0. The minimum atomic E-state index is 0.111. The number of nitrogens with zero attached hydrogens (tertiary/aromatic N) is 4. The van der Waals surface area contributed by atoms with Crippen molar-refractivity contribution in [2.45, 2.75) is 25.4 Å². The van der Waals surface area contributed by atoms with Crippen molar-refractivity contribution in [3.63, 3.8) is 0 Å². The number of amides is 1. The molecule has 0 aliphatic heterocycles. The highest BCUT2D eigenvalue weighted by Crippen LogP contribution is 2.30. The maximum atomic E-state index is 12.7. The zero-order valence-electron chi connectivity index (χ0n) is 15.3. The number of hydrogen-bond acceptors (Lipinski definition) is 5. The van der Waals surface area contributed by atoms with Crippen LogP contribution in [0.5, 0.6) is 0 Å². The lowest BCUT2D eigenvalue weighted by Gasteiger charge is -2.20.